The number of hydrogen-bond donors (Lipinski definition) is 1. The summed E-state index contributed by atoms with van der Waals surface area (Å²) in [6.45, 7) is 8.36. The molecule has 1 saturated heterocycles. The zero-order chi connectivity index (χ0) is 15.1. The first-order chi connectivity index (χ1) is 10.2. The number of unbranched alkanes of at least 4 members (excludes halogenated alkanes) is 2. The Bertz CT molecular complexity index is 451. The number of guanidine groups is 1. The molecule has 1 fully saturated rings. The first kappa shape index (κ1) is 15.9. The highest BCUT2D eigenvalue weighted by molar-refractivity contribution is 5.80. The van der Waals surface area contributed by atoms with Gasteiger partial charge in [0.15, 0.2) is 5.96 Å². The van der Waals surface area contributed by atoms with Gasteiger partial charge in [-0.3, -0.25) is 9.67 Å². The Labute approximate surface area is 128 Å². The van der Waals surface area contributed by atoms with E-state index in [1.807, 2.05) is 17.9 Å². The molecular weight excluding hydrogens is 262 g/mol. The minimum atomic E-state index is 0.582. The Balaban J connectivity index is 1.92. The zero-order valence-electron chi connectivity index (χ0n) is 13.7. The van der Waals surface area contributed by atoms with E-state index in [-0.39, 0.29) is 0 Å². The van der Waals surface area contributed by atoms with Gasteiger partial charge in [0.2, 0.25) is 0 Å². The lowest BCUT2D eigenvalue weighted by atomic mass is 10.0. The molecule has 0 aromatic carbocycles. The summed E-state index contributed by atoms with van der Waals surface area (Å²) in [6, 6.07) is 0. The van der Waals surface area contributed by atoms with Crippen molar-refractivity contribution >= 4 is 5.96 Å². The monoisotopic (exact) mass is 291 g/mol. The van der Waals surface area contributed by atoms with Crippen LogP contribution >= 0.6 is 0 Å². The Morgan fingerprint density at radius 3 is 2.95 bits per heavy atom. The van der Waals surface area contributed by atoms with Crippen LogP contribution in [-0.4, -0.2) is 46.8 Å². The van der Waals surface area contributed by atoms with Crippen molar-refractivity contribution in [1.29, 1.82) is 0 Å². The van der Waals surface area contributed by atoms with Crippen LogP contribution in [0.2, 0.25) is 0 Å². The summed E-state index contributed by atoms with van der Waals surface area (Å²) in [5, 5.41) is 7.72. The Hall–Kier alpha value is -1.52. The van der Waals surface area contributed by atoms with E-state index < -0.39 is 0 Å². The van der Waals surface area contributed by atoms with Gasteiger partial charge in [0, 0.05) is 45.3 Å². The molecule has 1 aliphatic heterocycles. The highest BCUT2D eigenvalue weighted by atomic mass is 15.3. The first-order valence-electron chi connectivity index (χ1n) is 8.26. The highest BCUT2D eigenvalue weighted by Crippen LogP contribution is 2.26. The molecule has 0 aliphatic carbocycles. The molecule has 0 spiro atoms. The molecule has 118 valence electrons. The van der Waals surface area contributed by atoms with Gasteiger partial charge in [0.1, 0.15) is 0 Å². The minimum absolute atomic E-state index is 0.582. The van der Waals surface area contributed by atoms with Crippen molar-refractivity contribution in [1.82, 2.24) is 20.0 Å². The third-order valence-electron chi connectivity index (χ3n) is 4.04. The van der Waals surface area contributed by atoms with E-state index in [1.54, 1.807) is 0 Å². The molecule has 1 N–H and O–H groups in total. The van der Waals surface area contributed by atoms with Crippen LogP contribution in [0.1, 0.15) is 51.0 Å². The predicted octanol–water partition coefficient (Wildman–Crippen LogP) is 2.37. The highest BCUT2D eigenvalue weighted by Gasteiger charge is 2.26. The van der Waals surface area contributed by atoms with E-state index in [1.165, 1.54) is 31.2 Å². The number of nitrogens with one attached hydrogen (secondary N) is 1. The molecule has 1 aromatic heterocycles. The van der Waals surface area contributed by atoms with Gasteiger partial charge in [-0.05, 0) is 25.3 Å². The van der Waals surface area contributed by atoms with Crippen molar-refractivity contribution in [2.75, 3.05) is 26.2 Å². The van der Waals surface area contributed by atoms with Gasteiger partial charge in [-0.2, -0.15) is 5.10 Å². The lowest BCUT2D eigenvalue weighted by Gasteiger charge is -2.21. The molecule has 5 nitrogen and oxygen atoms in total. The van der Waals surface area contributed by atoms with E-state index in [0.717, 1.165) is 32.1 Å². The second-order valence-corrected chi connectivity index (χ2v) is 5.82. The SMILES string of the molecule is CCCCCN=C(NCC)N1CCC(c2cnn(C)c2)C1. The van der Waals surface area contributed by atoms with E-state index in [9.17, 15) is 0 Å². The van der Waals surface area contributed by atoms with Gasteiger partial charge in [0.25, 0.3) is 0 Å². The molecule has 0 amide bonds. The number of hydrogen-bond acceptors (Lipinski definition) is 2. The van der Waals surface area contributed by atoms with E-state index >= 15 is 0 Å². The first-order valence-corrected chi connectivity index (χ1v) is 8.26. The van der Waals surface area contributed by atoms with Crippen LogP contribution in [0.5, 0.6) is 0 Å². The molecule has 5 heteroatoms. The van der Waals surface area contributed by atoms with Crippen LogP contribution in [0.25, 0.3) is 0 Å². The molecule has 0 bridgehead atoms. The molecule has 2 heterocycles. The minimum Gasteiger partial charge on any atom is -0.357 e. The fourth-order valence-corrected chi connectivity index (χ4v) is 2.85. The van der Waals surface area contributed by atoms with Crippen molar-refractivity contribution in [3.8, 4) is 0 Å². The number of likely N-dealkylation sites (tertiary alicyclic amines) is 1. The van der Waals surface area contributed by atoms with Crippen LogP contribution in [0, 0.1) is 0 Å². The van der Waals surface area contributed by atoms with Crippen molar-refractivity contribution in [2.45, 2.75) is 45.4 Å². The number of aliphatic imine (C=N–C) groups is 1. The van der Waals surface area contributed by atoms with Gasteiger partial charge in [-0.25, -0.2) is 0 Å². The number of rotatable bonds is 6. The summed E-state index contributed by atoms with van der Waals surface area (Å²) >= 11 is 0. The molecule has 2 rings (SSSR count). The van der Waals surface area contributed by atoms with E-state index in [2.05, 4.69) is 35.4 Å². The fraction of sp³-hybridized carbons (Fsp3) is 0.750. The van der Waals surface area contributed by atoms with Crippen LogP contribution in [-0.2, 0) is 7.05 Å². The normalized spacial score (nSPS) is 19.3. The molecule has 0 saturated carbocycles. The van der Waals surface area contributed by atoms with Crippen molar-refractivity contribution in [2.24, 2.45) is 12.0 Å². The average Bonchev–Trinajstić information content (AvgIpc) is 3.11. The molecule has 1 atom stereocenters. The van der Waals surface area contributed by atoms with Gasteiger partial charge >= 0.3 is 0 Å². The Morgan fingerprint density at radius 1 is 1.43 bits per heavy atom. The zero-order valence-corrected chi connectivity index (χ0v) is 13.7. The van der Waals surface area contributed by atoms with Gasteiger partial charge in [-0.1, -0.05) is 19.8 Å². The molecule has 1 unspecified atom stereocenters. The molecule has 1 aromatic rings. The number of aromatic nitrogens is 2. The number of nitrogens with zero attached hydrogens (tertiary/aromatic N) is 4. The summed E-state index contributed by atoms with van der Waals surface area (Å²) in [4.78, 5) is 7.17. The summed E-state index contributed by atoms with van der Waals surface area (Å²) in [7, 11) is 1.98. The quantitative estimate of drug-likeness (QED) is 0.497. The van der Waals surface area contributed by atoms with E-state index in [4.69, 9.17) is 4.99 Å². The lowest BCUT2D eigenvalue weighted by molar-refractivity contribution is 0.485. The van der Waals surface area contributed by atoms with Crippen molar-refractivity contribution in [3.05, 3.63) is 18.0 Å². The molecule has 1 aliphatic rings. The summed E-state index contributed by atoms with van der Waals surface area (Å²) in [5.41, 5.74) is 1.35. The Morgan fingerprint density at radius 2 is 2.29 bits per heavy atom. The Kier molecular flexibility index (Phi) is 6.08. The number of aryl methyl sites for hydroxylation is 1. The molecule has 0 radical (unpaired) electrons. The van der Waals surface area contributed by atoms with Gasteiger partial charge in [0.05, 0.1) is 6.20 Å². The van der Waals surface area contributed by atoms with Crippen molar-refractivity contribution < 1.29 is 0 Å². The third-order valence-corrected chi connectivity index (χ3v) is 4.04. The standard InChI is InChI=1S/C16H29N5/c1-4-6-7-9-18-16(17-5-2)21-10-8-14(13-21)15-11-19-20(3)12-15/h11-12,14H,4-10,13H2,1-3H3,(H,17,18). The topological polar surface area (TPSA) is 45.5 Å². The largest absolute Gasteiger partial charge is 0.357 e. The maximum absolute atomic E-state index is 4.78. The summed E-state index contributed by atoms with van der Waals surface area (Å²) in [6.07, 6.45) is 9.02. The van der Waals surface area contributed by atoms with Crippen LogP contribution in [0.15, 0.2) is 17.4 Å². The fourth-order valence-electron chi connectivity index (χ4n) is 2.85. The summed E-state index contributed by atoms with van der Waals surface area (Å²) < 4.78 is 1.89. The van der Waals surface area contributed by atoms with Crippen molar-refractivity contribution in [3.63, 3.8) is 0 Å². The van der Waals surface area contributed by atoms with Gasteiger partial charge < -0.3 is 10.2 Å². The molecule has 21 heavy (non-hydrogen) atoms. The second-order valence-electron chi connectivity index (χ2n) is 5.82. The van der Waals surface area contributed by atoms with E-state index in [0.29, 0.717) is 5.92 Å². The lowest BCUT2D eigenvalue weighted by Crippen LogP contribution is -2.40. The predicted molar refractivity (Wildman–Crippen MR) is 87.6 cm³/mol. The maximum Gasteiger partial charge on any atom is 0.193 e. The third kappa shape index (κ3) is 4.48. The van der Waals surface area contributed by atoms with Gasteiger partial charge in [-0.15, -0.1) is 0 Å². The maximum atomic E-state index is 4.78. The smallest absolute Gasteiger partial charge is 0.193 e. The second kappa shape index (κ2) is 8.05. The average molecular weight is 291 g/mol. The van der Waals surface area contributed by atoms with Crippen LogP contribution in [0.4, 0.5) is 0 Å². The van der Waals surface area contributed by atoms with Crippen LogP contribution in [0.3, 0.4) is 0 Å². The summed E-state index contributed by atoms with van der Waals surface area (Å²) in [5.74, 6) is 1.66. The van der Waals surface area contributed by atoms with Crippen LogP contribution < -0.4 is 5.32 Å². The molecular formula is C16H29N5.